The minimum absolute atomic E-state index is 0.190. The van der Waals surface area contributed by atoms with Gasteiger partial charge in [-0.15, -0.1) is 0 Å². The van der Waals surface area contributed by atoms with Crippen molar-refractivity contribution in [1.29, 1.82) is 0 Å². The molecule has 2 heterocycles. The number of fused-ring (bicyclic) bond motifs is 1. The van der Waals surface area contributed by atoms with Crippen LogP contribution in [0.25, 0.3) is 0 Å². The quantitative estimate of drug-likeness (QED) is 0.685. The van der Waals surface area contributed by atoms with Crippen LogP contribution in [0.3, 0.4) is 0 Å². The van der Waals surface area contributed by atoms with Crippen molar-refractivity contribution in [3.63, 3.8) is 0 Å². The molecule has 1 aromatic rings. The third-order valence-corrected chi connectivity index (χ3v) is 2.53. The molecule has 1 unspecified atom stereocenters. The van der Waals surface area contributed by atoms with E-state index in [1.54, 1.807) is 6.20 Å². The van der Waals surface area contributed by atoms with E-state index in [0.717, 1.165) is 11.6 Å². The molecule has 0 saturated carbocycles. The Labute approximate surface area is 84.5 Å². The SMILES string of the molecule is CC(C)(C)C1COc2cccnc2N1. The monoisotopic (exact) mass is 192 g/mol. The molecule has 1 atom stereocenters. The molecule has 2 rings (SSSR count). The average molecular weight is 192 g/mol. The maximum absolute atomic E-state index is 5.64. The molecular formula is C11H16N2O. The molecule has 0 fully saturated rings. The average Bonchev–Trinajstić information content (AvgIpc) is 2.16. The molecule has 0 amide bonds. The standard InChI is InChI=1S/C11H16N2O/c1-11(2,3)9-7-14-8-5-4-6-12-10(8)13-9/h4-6,9H,7H2,1-3H3,(H,12,13). The summed E-state index contributed by atoms with van der Waals surface area (Å²) < 4.78 is 5.64. The van der Waals surface area contributed by atoms with Gasteiger partial charge in [0.2, 0.25) is 0 Å². The van der Waals surface area contributed by atoms with Gasteiger partial charge in [-0.3, -0.25) is 0 Å². The van der Waals surface area contributed by atoms with E-state index in [-0.39, 0.29) is 5.41 Å². The van der Waals surface area contributed by atoms with Crippen molar-refractivity contribution in [2.75, 3.05) is 11.9 Å². The van der Waals surface area contributed by atoms with Gasteiger partial charge < -0.3 is 10.1 Å². The maximum Gasteiger partial charge on any atom is 0.169 e. The molecule has 0 bridgehead atoms. The van der Waals surface area contributed by atoms with Gasteiger partial charge in [0, 0.05) is 6.20 Å². The number of rotatable bonds is 0. The van der Waals surface area contributed by atoms with Crippen LogP contribution >= 0.6 is 0 Å². The molecule has 0 aliphatic carbocycles. The second-order valence-electron chi connectivity index (χ2n) is 4.72. The summed E-state index contributed by atoms with van der Waals surface area (Å²) in [7, 11) is 0. The van der Waals surface area contributed by atoms with Crippen molar-refractivity contribution < 1.29 is 4.74 Å². The summed E-state index contributed by atoms with van der Waals surface area (Å²) in [6, 6.07) is 4.15. The smallest absolute Gasteiger partial charge is 0.169 e. The van der Waals surface area contributed by atoms with Crippen LogP contribution in [0.4, 0.5) is 5.82 Å². The van der Waals surface area contributed by atoms with E-state index >= 15 is 0 Å². The second-order valence-corrected chi connectivity index (χ2v) is 4.72. The fourth-order valence-corrected chi connectivity index (χ4v) is 1.46. The zero-order chi connectivity index (χ0) is 10.2. The normalized spacial score (nSPS) is 20.6. The Hall–Kier alpha value is -1.25. The van der Waals surface area contributed by atoms with Gasteiger partial charge in [0.15, 0.2) is 11.6 Å². The van der Waals surface area contributed by atoms with Crippen LogP contribution in [-0.2, 0) is 0 Å². The predicted octanol–water partition coefficient (Wildman–Crippen LogP) is 2.30. The first-order valence-electron chi connectivity index (χ1n) is 4.92. The highest BCUT2D eigenvalue weighted by molar-refractivity contribution is 5.52. The molecule has 3 nitrogen and oxygen atoms in total. The van der Waals surface area contributed by atoms with Crippen LogP contribution in [0.5, 0.6) is 5.75 Å². The number of aromatic nitrogens is 1. The highest BCUT2D eigenvalue weighted by Gasteiger charge is 2.29. The molecule has 0 aromatic carbocycles. The number of nitrogens with zero attached hydrogens (tertiary/aromatic N) is 1. The van der Waals surface area contributed by atoms with Crippen LogP contribution < -0.4 is 10.1 Å². The van der Waals surface area contributed by atoms with E-state index in [9.17, 15) is 0 Å². The summed E-state index contributed by atoms with van der Waals surface area (Å²) in [4.78, 5) is 4.25. The Bertz CT molecular complexity index is 330. The number of nitrogens with one attached hydrogen (secondary N) is 1. The first-order chi connectivity index (χ1) is 6.57. The number of pyridine rings is 1. The van der Waals surface area contributed by atoms with Gasteiger partial charge in [0.05, 0.1) is 6.04 Å². The van der Waals surface area contributed by atoms with Gasteiger partial charge >= 0.3 is 0 Å². The van der Waals surface area contributed by atoms with Gasteiger partial charge in [-0.25, -0.2) is 4.98 Å². The fourth-order valence-electron chi connectivity index (χ4n) is 1.46. The maximum atomic E-state index is 5.64. The number of hydrogen-bond donors (Lipinski definition) is 1. The molecule has 1 aliphatic heterocycles. The Morgan fingerprint density at radius 1 is 1.50 bits per heavy atom. The summed E-state index contributed by atoms with van der Waals surface area (Å²) in [6.45, 7) is 7.30. The summed E-state index contributed by atoms with van der Waals surface area (Å²) in [5.74, 6) is 1.71. The first-order valence-corrected chi connectivity index (χ1v) is 4.92. The zero-order valence-electron chi connectivity index (χ0n) is 8.87. The van der Waals surface area contributed by atoms with Gasteiger partial charge in [0.1, 0.15) is 6.61 Å². The zero-order valence-corrected chi connectivity index (χ0v) is 8.87. The third-order valence-electron chi connectivity index (χ3n) is 2.53. The van der Waals surface area contributed by atoms with Crippen LogP contribution in [0.15, 0.2) is 18.3 Å². The molecule has 1 N–H and O–H groups in total. The molecule has 1 aromatic heterocycles. The van der Waals surface area contributed by atoms with Crippen LogP contribution in [0.1, 0.15) is 20.8 Å². The van der Waals surface area contributed by atoms with E-state index in [2.05, 4.69) is 31.1 Å². The molecule has 0 spiro atoms. The Morgan fingerprint density at radius 2 is 2.29 bits per heavy atom. The van der Waals surface area contributed by atoms with E-state index < -0.39 is 0 Å². The van der Waals surface area contributed by atoms with Crippen molar-refractivity contribution in [2.24, 2.45) is 5.41 Å². The van der Waals surface area contributed by atoms with E-state index in [4.69, 9.17) is 4.74 Å². The molecule has 76 valence electrons. The summed E-state index contributed by atoms with van der Waals surface area (Å²) in [5.41, 5.74) is 0.190. The van der Waals surface area contributed by atoms with Gasteiger partial charge in [-0.2, -0.15) is 0 Å². The molecular weight excluding hydrogens is 176 g/mol. The van der Waals surface area contributed by atoms with Gasteiger partial charge in [-0.1, -0.05) is 20.8 Å². The van der Waals surface area contributed by atoms with Crippen molar-refractivity contribution >= 4 is 5.82 Å². The summed E-state index contributed by atoms with van der Waals surface area (Å²) >= 11 is 0. The molecule has 3 heteroatoms. The molecule has 0 radical (unpaired) electrons. The number of hydrogen-bond acceptors (Lipinski definition) is 3. The van der Waals surface area contributed by atoms with Crippen LogP contribution in [-0.4, -0.2) is 17.6 Å². The van der Waals surface area contributed by atoms with Gasteiger partial charge in [0.25, 0.3) is 0 Å². The lowest BCUT2D eigenvalue weighted by Crippen LogP contribution is -2.42. The van der Waals surface area contributed by atoms with Crippen LogP contribution in [0, 0.1) is 5.41 Å². The lowest BCUT2D eigenvalue weighted by atomic mass is 9.87. The minimum atomic E-state index is 0.190. The van der Waals surface area contributed by atoms with Crippen molar-refractivity contribution in [3.05, 3.63) is 18.3 Å². The molecule has 14 heavy (non-hydrogen) atoms. The summed E-state index contributed by atoms with van der Waals surface area (Å²) in [5, 5.41) is 3.40. The Balaban J connectivity index is 2.22. The van der Waals surface area contributed by atoms with E-state index in [1.807, 2.05) is 12.1 Å². The Kier molecular flexibility index (Phi) is 2.10. The van der Waals surface area contributed by atoms with Crippen LogP contribution in [0.2, 0.25) is 0 Å². The van der Waals surface area contributed by atoms with Crippen molar-refractivity contribution in [2.45, 2.75) is 26.8 Å². The topological polar surface area (TPSA) is 34.1 Å². The highest BCUT2D eigenvalue weighted by atomic mass is 16.5. The largest absolute Gasteiger partial charge is 0.488 e. The minimum Gasteiger partial charge on any atom is -0.488 e. The highest BCUT2D eigenvalue weighted by Crippen LogP contribution is 2.31. The lowest BCUT2D eigenvalue weighted by molar-refractivity contribution is 0.205. The third kappa shape index (κ3) is 1.67. The number of ether oxygens (including phenoxy) is 1. The fraction of sp³-hybridized carbons (Fsp3) is 0.545. The number of anilines is 1. The predicted molar refractivity (Wildman–Crippen MR) is 56.6 cm³/mol. The molecule has 0 saturated heterocycles. The van der Waals surface area contributed by atoms with Crippen molar-refractivity contribution in [1.82, 2.24) is 4.98 Å². The van der Waals surface area contributed by atoms with E-state index in [0.29, 0.717) is 12.6 Å². The van der Waals surface area contributed by atoms with Crippen molar-refractivity contribution in [3.8, 4) is 5.75 Å². The van der Waals surface area contributed by atoms with E-state index in [1.165, 1.54) is 0 Å². The first kappa shape index (κ1) is 9.31. The lowest BCUT2D eigenvalue weighted by Gasteiger charge is -2.35. The van der Waals surface area contributed by atoms with Gasteiger partial charge in [-0.05, 0) is 17.5 Å². The Morgan fingerprint density at radius 3 is 3.00 bits per heavy atom. The second kappa shape index (κ2) is 3.15. The summed E-state index contributed by atoms with van der Waals surface area (Å²) in [6.07, 6.45) is 1.78. The molecule has 1 aliphatic rings.